The molecule has 0 fully saturated rings. The van der Waals surface area contributed by atoms with Gasteiger partial charge in [-0.15, -0.1) is 0 Å². The maximum atomic E-state index is 6.19. The van der Waals surface area contributed by atoms with Gasteiger partial charge in [0.05, 0.1) is 27.8 Å². The molecule has 4 heterocycles. The van der Waals surface area contributed by atoms with Gasteiger partial charge in [-0.3, -0.25) is 4.57 Å². The molecule has 4 aromatic heterocycles. The Morgan fingerprint density at radius 3 is 1.68 bits per heavy atom. The molecule has 57 heavy (non-hydrogen) atoms. The zero-order chi connectivity index (χ0) is 37.5. The molecule has 0 unspecified atom stereocenters. The molecule has 8 aromatic carbocycles. The van der Waals surface area contributed by atoms with Crippen molar-refractivity contribution >= 4 is 65.6 Å². The molecule has 4 nitrogen and oxygen atoms in total. The molecule has 0 aliphatic rings. The van der Waals surface area contributed by atoms with Crippen molar-refractivity contribution in [3.63, 3.8) is 0 Å². The summed E-state index contributed by atoms with van der Waals surface area (Å²) in [5, 5.41) is 6.96. The van der Waals surface area contributed by atoms with E-state index in [4.69, 9.17) is 9.40 Å². The predicted molar refractivity (Wildman–Crippen MR) is 237 cm³/mol. The highest BCUT2D eigenvalue weighted by Gasteiger charge is 2.29. The molecule has 0 bridgehead atoms. The van der Waals surface area contributed by atoms with Crippen LogP contribution in [0.1, 0.15) is 0 Å². The van der Waals surface area contributed by atoms with E-state index in [1.807, 2.05) is 12.1 Å². The van der Waals surface area contributed by atoms with Gasteiger partial charge in [-0.2, -0.15) is 0 Å². The molecule has 12 rings (SSSR count). The lowest BCUT2D eigenvalue weighted by Crippen LogP contribution is -2.01. The van der Waals surface area contributed by atoms with Crippen LogP contribution in [0.4, 0.5) is 0 Å². The molecule has 0 atom stereocenters. The van der Waals surface area contributed by atoms with Crippen LogP contribution in [-0.2, 0) is 0 Å². The number of aromatic nitrogens is 3. The standard InChI is InChI=1S/C53H33N3O/c1-4-17-34(18-5-1)48-49(35-19-6-2-7-20-35)52-51(40-25-11-13-27-43(40)55(52)37-21-8-3-9-22-37)53-50(48)39-24-10-14-28-44(39)56(53)47-30-16-26-42(54-47)36-31-32-46-41(33-36)38-23-12-15-29-45(38)57-46/h1-33H. The van der Waals surface area contributed by atoms with Crippen molar-refractivity contribution in [3.8, 4) is 45.0 Å². The van der Waals surface area contributed by atoms with Gasteiger partial charge >= 0.3 is 0 Å². The molecule has 4 heteroatoms. The van der Waals surface area contributed by atoms with Crippen molar-refractivity contribution in [1.29, 1.82) is 0 Å². The zero-order valence-corrected chi connectivity index (χ0v) is 30.8. The Labute approximate surface area is 328 Å². The van der Waals surface area contributed by atoms with E-state index in [2.05, 4.69) is 197 Å². The zero-order valence-electron chi connectivity index (χ0n) is 30.8. The molecule has 0 aliphatic heterocycles. The van der Waals surface area contributed by atoms with Gasteiger partial charge in [0.25, 0.3) is 0 Å². The van der Waals surface area contributed by atoms with Crippen LogP contribution < -0.4 is 0 Å². The number of pyridine rings is 1. The second-order valence-corrected chi connectivity index (χ2v) is 14.7. The number of furan rings is 1. The van der Waals surface area contributed by atoms with Crippen LogP contribution in [0.25, 0.3) is 111 Å². The summed E-state index contributed by atoms with van der Waals surface area (Å²) in [6.07, 6.45) is 0. The van der Waals surface area contributed by atoms with E-state index in [9.17, 15) is 0 Å². The first-order chi connectivity index (χ1) is 28.3. The molecule has 0 saturated carbocycles. The van der Waals surface area contributed by atoms with E-state index in [0.717, 1.165) is 66.8 Å². The summed E-state index contributed by atoms with van der Waals surface area (Å²) in [6, 6.07) is 71.3. The van der Waals surface area contributed by atoms with Crippen LogP contribution in [0.2, 0.25) is 0 Å². The quantitative estimate of drug-likeness (QED) is 0.177. The minimum atomic E-state index is 0.861. The van der Waals surface area contributed by atoms with Crippen molar-refractivity contribution in [2.75, 3.05) is 0 Å². The molecule has 0 N–H and O–H groups in total. The van der Waals surface area contributed by atoms with E-state index >= 15 is 0 Å². The molecular formula is C53H33N3O. The first-order valence-electron chi connectivity index (χ1n) is 19.4. The van der Waals surface area contributed by atoms with Crippen LogP contribution in [0.5, 0.6) is 0 Å². The second kappa shape index (κ2) is 12.4. The normalized spacial score (nSPS) is 11.9. The number of hydrogen-bond acceptors (Lipinski definition) is 2. The van der Waals surface area contributed by atoms with Gasteiger partial charge in [0.2, 0.25) is 0 Å². The summed E-state index contributed by atoms with van der Waals surface area (Å²) in [5.74, 6) is 0.861. The Morgan fingerprint density at radius 2 is 0.947 bits per heavy atom. The first kappa shape index (κ1) is 31.6. The molecule has 266 valence electrons. The van der Waals surface area contributed by atoms with Crippen molar-refractivity contribution in [2.45, 2.75) is 0 Å². The highest BCUT2D eigenvalue weighted by molar-refractivity contribution is 6.34. The number of para-hydroxylation sites is 4. The van der Waals surface area contributed by atoms with Crippen molar-refractivity contribution in [2.24, 2.45) is 0 Å². The Hall–Kier alpha value is -7.69. The number of fused-ring (bicyclic) bond motifs is 10. The molecule has 0 spiro atoms. The van der Waals surface area contributed by atoms with Gasteiger partial charge in [-0.25, -0.2) is 4.98 Å². The smallest absolute Gasteiger partial charge is 0.138 e. The van der Waals surface area contributed by atoms with Gasteiger partial charge in [0.15, 0.2) is 0 Å². The van der Waals surface area contributed by atoms with Gasteiger partial charge in [-0.1, -0.05) is 140 Å². The van der Waals surface area contributed by atoms with Gasteiger partial charge < -0.3 is 8.98 Å². The minimum absolute atomic E-state index is 0.861. The predicted octanol–water partition coefficient (Wildman–Crippen LogP) is 14.2. The highest BCUT2D eigenvalue weighted by atomic mass is 16.3. The van der Waals surface area contributed by atoms with Crippen LogP contribution in [0, 0.1) is 0 Å². The largest absolute Gasteiger partial charge is 0.456 e. The number of nitrogens with zero attached hydrogens (tertiary/aromatic N) is 3. The average molecular weight is 728 g/mol. The summed E-state index contributed by atoms with van der Waals surface area (Å²) in [7, 11) is 0. The van der Waals surface area contributed by atoms with Crippen molar-refractivity contribution in [1.82, 2.24) is 14.1 Å². The Bertz CT molecular complexity index is 3500. The number of hydrogen-bond donors (Lipinski definition) is 0. The van der Waals surface area contributed by atoms with E-state index in [1.165, 1.54) is 43.8 Å². The Balaban J connectivity index is 1.27. The summed E-state index contributed by atoms with van der Waals surface area (Å²) in [6.45, 7) is 0. The molecule has 0 radical (unpaired) electrons. The average Bonchev–Trinajstić information content (AvgIpc) is 3.94. The molecule has 0 saturated heterocycles. The SMILES string of the molecule is c1ccc(-c2c(-c3ccccc3)c3c(c4ccccc4n3-c3ccccc3)c3c2c2ccccc2n3-c2cccc(-c3ccc4oc5ccccc5c4c3)n2)cc1. The van der Waals surface area contributed by atoms with Crippen molar-refractivity contribution < 1.29 is 4.42 Å². The fourth-order valence-corrected chi connectivity index (χ4v) is 9.15. The van der Waals surface area contributed by atoms with Crippen LogP contribution in [-0.4, -0.2) is 14.1 Å². The molecular weight excluding hydrogens is 695 g/mol. The van der Waals surface area contributed by atoms with E-state index < -0.39 is 0 Å². The minimum Gasteiger partial charge on any atom is -0.456 e. The fraction of sp³-hybridized carbons (Fsp3) is 0. The lowest BCUT2D eigenvalue weighted by Gasteiger charge is -2.19. The second-order valence-electron chi connectivity index (χ2n) is 14.7. The van der Waals surface area contributed by atoms with E-state index in [1.54, 1.807) is 0 Å². The summed E-state index contributed by atoms with van der Waals surface area (Å²) < 4.78 is 11.1. The monoisotopic (exact) mass is 727 g/mol. The lowest BCUT2D eigenvalue weighted by atomic mass is 9.88. The topological polar surface area (TPSA) is 35.9 Å². The third-order valence-corrected chi connectivity index (χ3v) is 11.5. The maximum Gasteiger partial charge on any atom is 0.138 e. The molecule has 0 aliphatic carbocycles. The third kappa shape index (κ3) is 4.71. The fourth-order valence-electron chi connectivity index (χ4n) is 9.15. The summed E-state index contributed by atoms with van der Waals surface area (Å²) in [4.78, 5) is 5.52. The summed E-state index contributed by atoms with van der Waals surface area (Å²) in [5.41, 5.74) is 14.1. The maximum absolute atomic E-state index is 6.19. The molecule has 0 amide bonds. The Morgan fingerprint density at radius 1 is 0.368 bits per heavy atom. The van der Waals surface area contributed by atoms with Crippen LogP contribution in [0.15, 0.2) is 205 Å². The summed E-state index contributed by atoms with van der Waals surface area (Å²) >= 11 is 0. The first-order valence-corrected chi connectivity index (χ1v) is 19.4. The lowest BCUT2D eigenvalue weighted by molar-refractivity contribution is 0.669. The van der Waals surface area contributed by atoms with Gasteiger partial charge in [-0.05, 0) is 71.8 Å². The van der Waals surface area contributed by atoms with Crippen LogP contribution >= 0.6 is 0 Å². The van der Waals surface area contributed by atoms with E-state index in [0.29, 0.717) is 0 Å². The number of rotatable bonds is 5. The van der Waals surface area contributed by atoms with Gasteiger partial charge in [0.1, 0.15) is 17.0 Å². The van der Waals surface area contributed by atoms with Gasteiger partial charge in [0, 0.05) is 54.7 Å². The third-order valence-electron chi connectivity index (χ3n) is 11.5. The molecule has 12 aromatic rings. The van der Waals surface area contributed by atoms with Crippen molar-refractivity contribution in [3.05, 3.63) is 200 Å². The van der Waals surface area contributed by atoms with Crippen LogP contribution in [0.3, 0.4) is 0 Å². The highest BCUT2D eigenvalue weighted by Crippen LogP contribution is 2.52. The number of benzene rings is 8. The van der Waals surface area contributed by atoms with E-state index in [-0.39, 0.29) is 0 Å². The Kier molecular flexibility index (Phi) is 6.89.